The number of thiazole rings is 2. The average molecular weight is 949 g/mol. The Bertz CT molecular complexity index is 2850. The molecule has 4 aromatic heterocycles. The highest BCUT2D eigenvalue weighted by molar-refractivity contribution is 7.85. The quantitative estimate of drug-likeness (QED) is 0.0837. The second kappa shape index (κ2) is 19.1. The molecule has 0 amide bonds. The minimum atomic E-state index is -4.42. The first-order chi connectivity index (χ1) is 31.5. The van der Waals surface area contributed by atoms with Gasteiger partial charge in [-0.1, -0.05) is 123 Å². The van der Waals surface area contributed by atoms with Gasteiger partial charge in [-0.3, -0.25) is 9.45 Å². The number of hydrogen-bond acceptors (Lipinski definition) is 13. The molecule has 350 valence electrons. The Balaban J connectivity index is 1.35. The molecule has 4 heterocycles. The van der Waals surface area contributed by atoms with Gasteiger partial charge in [0.25, 0.3) is 10.1 Å². The Morgan fingerprint density at radius 1 is 0.848 bits per heavy atom. The molecule has 0 aliphatic heterocycles. The van der Waals surface area contributed by atoms with Crippen LogP contribution in [0.2, 0.25) is 0 Å². The number of aryl methyl sites for hydroxylation is 1. The monoisotopic (exact) mass is 948 g/mol. The fraction of sp³-hybridized carbons (Fsp3) is 0.540. The zero-order valence-electron chi connectivity index (χ0n) is 39.9. The largest absolute Gasteiger partial charge is 0.365 e. The van der Waals surface area contributed by atoms with Crippen LogP contribution < -0.4 is 10.2 Å². The number of nitrogens with one attached hydrogen (secondary N) is 1. The lowest BCUT2D eigenvalue weighted by Crippen LogP contribution is -2.47. The molecular formula is C50H64N10O3S3. The molecule has 0 saturated heterocycles. The van der Waals surface area contributed by atoms with E-state index in [1.807, 2.05) is 52.0 Å². The van der Waals surface area contributed by atoms with Gasteiger partial charge in [0.1, 0.15) is 23.1 Å². The molecule has 0 spiro atoms. The molecule has 2 N–H and O–H groups in total. The van der Waals surface area contributed by atoms with Crippen molar-refractivity contribution in [2.75, 3.05) is 10.2 Å². The number of para-hydroxylation sites is 1. The topological polar surface area (TPSA) is 175 Å². The fourth-order valence-corrected chi connectivity index (χ4v) is 13.5. The van der Waals surface area contributed by atoms with Crippen LogP contribution in [-0.4, -0.2) is 49.8 Å². The van der Waals surface area contributed by atoms with Crippen molar-refractivity contribution in [3.05, 3.63) is 65.4 Å². The standard InChI is InChI=1S/C50H64N10O3S3/c1-11-31-21-28(5)22-32(12-2)43(31)55-46-42(56-57-47-36(27-51)45(50(8,9)10)58-60(47)49-53-37-17-15-16-18-39(37)64-49)30(7)25-41(54-46)59(44-33(13-3)23-29(6)24-34(44)14-4)48-52-38-20-19-35(66(61,62)63)26-40(38)65-48/h15-20,25-26,28-29,31-34,43-44H,11-14,21-24H2,1-10H3,(H,54,55)(H,61,62,63)/t28?,29?,31-,32?,33-,34?,43?,44?/m0/s1. The van der Waals surface area contributed by atoms with E-state index in [9.17, 15) is 18.2 Å². The van der Waals surface area contributed by atoms with Crippen LogP contribution in [0.3, 0.4) is 0 Å². The van der Waals surface area contributed by atoms with Crippen molar-refractivity contribution in [3.63, 3.8) is 0 Å². The lowest BCUT2D eigenvalue weighted by atomic mass is 9.69. The van der Waals surface area contributed by atoms with Crippen LogP contribution in [-0.2, 0) is 15.5 Å². The molecule has 2 aliphatic rings. The highest BCUT2D eigenvalue weighted by atomic mass is 32.2. The van der Waals surface area contributed by atoms with Gasteiger partial charge in [0.15, 0.2) is 16.8 Å². The summed E-state index contributed by atoms with van der Waals surface area (Å²) in [7, 11) is -4.42. The average Bonchev–Trinajstić information content (AvgIpc) is 4.01. The van der Waals surface area contributed by atoms with Crippen molar-refractivity contribution in [3.8, 4) is 11.2 Å². The van der Waals surface area contributed by atoms with Crippen LogP contribution in [0, 0.1) is 53.8 Å². The second-order valence-corrected chi connectivity index (χ2v) is 23.4. The van der Waals surface area contributed by atoms with Crippen molar-refractivity contribution in [1.82, 2.24) is 24.7 Å². The predicted octanol–water partition coefficient (Wildman–Crippen LogP) is 13.9. The summed E-state index contributed by atoms with van der Waals surface area (Å²) in [5.74, 6) is 4.37. The molecule has 8 rings (SSSR count). The number of nitriles is 1. The molecule has 2 fully saturated rings. The summed E-state index contributed by atoms with van der Waals surface area (Å²) in [6.45, 7) is 22.0. The van der Waals surface area contributed by atoms with Crippen molar-refractivity contribution in [1.29, 1.82) is 5.26 Å². The van der Waals surface area contributed by atoms with Crippen molar-refractivity contribution >= 4 is 81.5 Å². The van der Waals surface area contributed by atoms with Gasteiger partial charge in [0, 0.05) is 17.5 Å². The van der Waals surface area contributed by atoms with Crippen molar-refractivity contribution < 1.29 is 13.0 Å². The van der Waals surface area contributed by atoms with E-state index in [0.29, 0.717) is 79.4 Å². The maximum absolute atomic E-state index is 12.3. The smallest absolute Gasteiger partial charge is 0.294 e. The first-order valence-electron chi connectivity index (χ1n) is 23.7. The molecule has 6 aromatic rings. The SMILES string of the molecule is CCC1CC(C)C[C@H](CC)C1Nc1nc(N(c2nc3ccc(S(=O)(=O)O)cc3s2)C2C(CC)CC(C)C[C@@H]2CC)cc(C)c1N=Nc1c(C#N)c(C(C)(C)C)nn1-c1nc2ccccc2s1. The summed E-state index contributed by atoms with van der Waals surface area (Å²) in [4.78, 5) is 17.9. The number of anilines is 3. The van der Waals surface area contributed by atoms with E-state index >= 15 is 0 Å². The first-order valence-corrected chi connectivity index (χ1v) is 26.8. The van der Waals surface area contributed by atoms with Gasteiger partial charge in [-0.25, -0.2) is 15.0 Å². The highest BCUT2D eigenvalue weighted by Crippen LogP contribution is 2.48. The lowest BCUT2D eigenvalue weighted by molar-refractivity contribution is 0.161. The van der Waals surface area contributed by atoms with E-state index in [-0.39, 0.29) is 17.0 Å². The third kappa shape index (κ3) is 9.37. The molecule has 8 atom stereocenters. The number of pyridine rings is 1. The van der Waals surface area contributed by atoms with Crippen LogP contribution in [0.15, 0.2) is 63.7 Å². The van der Waals surface area contributed by atoms with Gasteiger partial charge in [-0.15, -0.1) is 10.2 Å². The maximum Gasteiger partial charge on any atom is 0.294 e. The normalized spacial score (nSPS) is 24.0. The molecule has 0 bridgehead atoms. The Morgan fingerprint density at radius 2 is 1.47 bits per heavy atom. The third-order valence-corrected chi connectivity index (χ3v) is 17.0. The Morgan fingerprint density at radius 3 is 2.06 bits per heavy atom. The molecule has 2 aliphatic carbocycles. The van der Waals surface area contributed by atoms with Crippen molar-refractivity contribution in [2.45, 2.75) is 143 Å². The molecule has 2 saturated carbocycles. The number of fused-ring (bicyclic) bond motifs is 2. The van der Waals surface area contributed by atoms with E-state index in [1.165, 1.54) is 34.8 Å². The van der Waals surface area contributed by atoms with E-state index < -0.39 is 15.5 Å². The lowest BCUT2D eigenvalue weighted by Gasteiger charge is -2.46. The number of benzene rings is 2. The van der Waals surface area contributed by atoms with Crippen LogP contribution in [0.1, 0.15) is 131 Å². The molecule has 2 aromatic carbocycles. The molecule has 66 heavy (non-hydrogen) atoms. The highest BCUT2D eigenvalue weighted by Gasteiger charge is 2.42. The number of rotatable bonds is 13. The van der Waals surface area contributed by atoms with E-state index in [2.05, 4.69) is 63.9 Å². The third-order valence-electron chi connectivity index (χ3n) is 14.2. The second-order valence-electron chi connectivity index (χ2n) is 19.9. The van der Waals surface area contributed by atoms with Crippen LogP contribution >= 0.6 is 22.7 Å². The van der Waals surface area contributed by atoms with Crippen LogP contribution in [0.25, 0.3) is 25.6 Å². The minimum Gasteiger partial charge on any atom is -0.365 e. The Labute approximate surface area is 397 Å². The number of aromatic nitrogens is 5. The molecular weight excluding hydrogens is 885 g/mol. The fourth-order valence-electron chi connectivity index (χ4n) is 10.9. The Hall–Kier alpha value is -4.82. The van der Waals surface area contributed by atoms with Crippen LogP contribution in [0.5, 0.6) is 0 Å². The zero-order chi connectivity index (χ0) is 47.2. The summed E-state index contributed by atoms with van der Waals surface area (Å²) in [5.41, 5.74) is 3.42. The van der Waals surface area contributed by atoms with Gasteiger partial charge in [0.05, 0.1) is 31.0 Å². The minimum absolute atomic E-state index is 0.0597. The molecule has 6 unspecified atom stereocenters. The molecule has 13 nitrogen and oxygen atoms in total. The molecule has 16 heteroatoms. The summed E-state index contributed by atoms with van der Waals surface area (Å²) < 4.78 is 37.9. The Kier molecular flexibility index (Phi) is 13.8. The molecule has 0 radical (unpaired) electrons. The number of nitrogens with zero attached hydrogens (tertiary/aromatic N) is 9. The van der Waals surface area contributed by atoms with Gasteiger partial charge in [-0.05, 0) is 110 Å². The zero-order valence-corrected chi connectivity index (χ0v) is 42.4. The summed E-state index contributed by atoms with van der Waals surface area (Å²) in [6, 6.07) is 17.2. The van der Waals surface area contributed by atoms with E-state index in [1.54, 1.807) is 10.7 Å². The van der Waals surface area contributed by atoms with Gasteiger partial charge < -0.3 is 5.32 Å². The number of hydrogen-bond donors (Lipinski definition) is 2. The summed E-state index contributed by atoms with van der Waals surface area (Å²) in [6.07, 6.45) is 8.37. The number of azo groups is 1. The van der Waals surface area contributed by atoms with Gasteiger partial charge in [0.2, 0.25) is 5.13 Å². The van der Waals surface area contributed by atoms with Gasteiger partial charge >= 0.3 is 0 Å². The van der Waals surface area contributed by atoms with E-state index in [4.69, 9.17) is 30.3 Å². The summed E-state index contributed by atoms with van der Waals surface area (Å²) in [5, 5.41) is 31.2. The summed E-state index contributed by atoms with van der Waals surface area (Å²) >= 11 is 2.91. The van der Waals surface area contributed by atoms with Gasteiger partial charge in [-0.2, -0.15) is 23.5 Å². The first kappa shape index (κ1) is 47.7. The maximum atomic E-state index is 12.3. The van der Waals surface area contributed by atoms with Crippen molar-refractivity contribution in [2.24, 2.45) is 45.7 Å². The van der Waals surface area contributed by atoms with Crippen LogP contribution in [0.4, 0.5) is 28.3 Å². The van der Waals surface area contributed by atoms with E-state index in [0.717, 1.165) is 78.1 Å². The predicted molar refractivity (Wildman–Crippen MR) is 268 cm³/mol.